The number of urea groups is 2. The molecule has 1 aromatic rings. The van der Waals surface area contributed by atoms with E-state index in [2.05, 4.69) is 10.4 Å². The van der Waals surface area contributed by atoms with Gasteiger partial charge in [-0.25, -0.2) is 14.5 Å². The number of hydrogen-bond donors (Lipinski definition) is 1. The fourth-order valence-corrected chi connectivity index (χ4v) is 2.37. The van der Waals surface area contributed by atoms with Crippen LogP contribution >= 0.6 is 0 Å². The van der Waals surface area contributed by atoms with Crippen LogP contribution in [0.5, 0.6) is 0 Å². The molecule has 2 aliphatic heterocycles. The molecular formula is C14H9N7O8. The molecule has 0 aromatic heterocycles. The minimum Gasteiger partial charge on any atom is -0.276 e. The third-order valence-corrected chi connectivity index (χ3v) is 3.68. The van der Waals surface area contributed by atoms with Crippen molar-refractivity contribution in [2.24, 2.45) is 10.4 Å². The molecule has 0 atom stereocenters. The van der Waals surface area contributed by atoms with Crippen LogP contribution < -0.4 is 10.2 Å². The number of nitrogens with one attached hydrogen (secondary N) is 1. The van der Waals surface area contributed by atoms with Gasteiger partial charge in [0.1, 0.15) is 12.8 Å². The average molecular weight is 403 g/mol. The Bertz CT molecular complexity index is 982. The van der Waals surface area contributed by atoms with Gasteiger partial charge < -0.3 is 0 Å². The third kappa shape index (κ3) is 3.64. The Labute approximate surface area is 159 Å². The van der Waals surface area contributed by atoms with E-state index in [0.717, 1.165) is 24.3 Å². The highest BCUT2D eigenvalue weighted by molar-refractivity contribution is 6.26. The van der Waals surface area contributed by atoms with Gasteiger partial charge in [-0.3, -0.25) is 34.6 Å². The van der Waals surface area contributed by atoms with E-state index >= 15 is 0 Å². The SMILES string of the molecule is O=C1CC(=O)N(N=NN2C(=O)CC(=O)N(c3ccc([N+](=O)[O-])cc3)C2=O)C(=O)N1. The van der Waals surface area contributed by atoms with E-state index in [4.69, 9.17) is 0 Å². The van der Waals surface area contributed by atoms with Crippen molar-refractivity contribution in [2.75, 3.05) is 4.90 Å². The molecule has 8 amide bonds. The molecule has 29 heavy (non-hydrogen) atoms. The van der Waals surface area contributed by atoms with Gasteiger partial charge in [0.25, 0.3) is 17.5 Å². The van der Waals surface area contributed by atoms with Gasteiger partial charge in [0, 0.05) is 12.1 Å². The van der Waals surface area contributed by atoms with Crippen molar-refractivity contribution >= 4 is 47.1 Å². The van der Waals surface area contributed by atoms with E-state index in [-0.39, 0.29) is 21.4 Å². The zero-order valence-electron chi connectivity index (χ0n) is 14.2. The van der Waals surface area contributed by atoms with E-state index in [0.29, 0.717) is 4.90 Å². The van der Waals surface area contributed by atoms with E-state index in [1.54, 1.807) is 5.32 Å². The topological polar surface area (TPSA) is 192 Å². The Morgan fingerprint density at radius 3 is 2.03 bits per heavy atom. The van der Waals surface area contributed by atoms with Gasteiger partial charge in [0.05, 0.1) is 10.6 Å². The predicted molar refractivity (Wildman–Crippen MR) is 87.3 cm³/mol. The fourth-order valence-electron chi connectivity index (χ4n) is 2.37. The maximum Gasteiger partial charge on any atom is 0.360 e. The molecular weight excluding hydrogens is 394 g/mol. The highest BCUT2D eigenvalue weighted by atomic mass is 16.6. The van der Waals surface area contributed by atoms with Crippen molar-refractivity contribution in [3.63, 3.8) is 0 Å². The fraction of sp³-hybridized carbons (Fsp3) is 0.143. The quantitative estimate of drug-likeness (QED) is 0.315. The number of nitrogens with zero attached hydrogens (tertiary/aromatic N) is 6. The first-order valence-corrected chi connectivity index (χ1v) is 7.71. The lowest BCUT2D eigenvalue weighted by molar-refractivity contribution is -0.384. The van der Waals surface area contributed by atoms with Gasteiger partial charge in [-0.1, -0.05) is 0 Å². The number of hydrogen-bond acceptors (Lipinski definition) is 10. The maximum atomic E-state index is 12.5. The van der Waals surface area contributed by atoms with Crippen LogP contribution in [0.2, 0.25) is 0 Å². The summed E-state index contributed by atoms with van der Waals surface area (Å²) in [6.45, 7) is 0. The normalized spacial score (nSPS) is 18.0. The van der Waals surface area contributed by atoms with E-state index in [1.165, 1.54) is 0 Å². The molecule has 15 heteroatoms. The number of non-ortho nitro benzene ring substituents is 1. The zero-order valence-corrected chi connectivity index (χ0v) is 14.2. The smallest absolute Gasteiger partial charge is 0.276 e. The third-order valence-electron chi connectivity index (χ3n) is 3.68. The molecule has 0 bridgehead atoms. The number of carbonyl (C=O) groups is 6. The second kappa shape index (κ2) is 7.22. The monoisotopic (exact) mass is 403 g/mol. The molecule has 148 valence electrons. The number of benzene rings is 1. The van der Waals surface area contributed by atoms with Crippen LogP contribution in [0, 0.1) is 10.1 Å². The van der Waals surface area contributed by atoms with Crippen molar-refractivity contribution < 1.29 is 33.7 Å². The molecule has 2 aliphatic rings. The first kappa shape index (κ1) is 19.2. The van der Waals surface area contributed by atoms with Gasteiger partial charge in [0.2, 0.25) is 11.8 Å². The zero-order chi connectivity index (χ0) is 21.3. The number of amides is 8. The van der Waals surface area contributed by atoms with Crippen molar-refractivity contribution in [3.8, 4) is 0 Å². The molecule has 0 spiro atoms. The molecule has 0 unspecified atom stereocenters. The molecule has 3 rings (SSSR count). The Balaban J connectivity index is 1.85. The second-order valence-electron chi connectivity index (χ2n) is 5.58. The molecule has 2 fully saturated rings. The van der Waals surface area contributed by atoms with Crippen LogP contribution in [0.3, 0.4) is 0 Å². The van der Waals surface area contributed by atoms with E-state index in [9.17, 15) is 38.9 Å². The molecule has 15 nitrogen and oxygen atoms in total. The van der Waals surface area contributed by atoms with E-state index in [1.807, 2.05) is 0 Å². The number of rotatable bonds is 4. The molecule has 0 aliphatic carbocycles. The standard InChI is InChI=1S/C14H9N7O8/c22-9-5-11(24)19(13(26)15-9)16-17-20-12(25)6-10(23)18(14(20)27)7-1-3-8(4-2-7)21(28)29/h1-4H,5-6H2,(H,15,22,26). The minimum atomic E-state index is -1.27. The molecule has 1 aromatic carbocycles. The van der Waals surface area contributed by atoms with Crippen LogP contribution in [0.4, 0.5) is 21.0 Å². The number of nitro groups is 1. The lowest BCUT2D eigenvalue weighted by atomic mass is 10.2. The predicted octanol–water partition coefficient (Wildman–Crippen LogP) is 0.0308. The van der Waals surface area contributed by atoms with E-state index < -0.39 is 53.5 Å². The molecule has 2 saturated heterocycles. The first-order valence-electron chi connectivity index (χ1n) is 7.71. The van der Waals surface area contributed by atoms with Gasteiger partial charge in [-0.15, -0.1) is 10.0 Å². The first-order chi connectivity index (χ1) is 13.7. The van der Waals surface area contributed by atoms with Gasteiger partial charge in [-0.2, -0.15) is 0 Å². The Morgan fingerprint density at radius 1 is 0.862 bits per heavy atom. The highest BCUT2D eigenvalue weighted by Crippen LogP contribution is 2.24. The van der Waals surface area contributed by atoms with Crippen molar-refractivity contribution in [1.82, 2.24) is 15.3 Å². The largest absolute Gasteiger partial charge is 0.360 e. The lowest BCUT2D eigenvalue weighted by Crippen LogP contribution is -2.54. The van der Waals surface area contributed by atoms with Gasteiger partial charge in [-0.05, 0) is 22.6 Å². The van der Waals surface area contributed by atoms with Crippen LogP contribution in [0.1, 0.15) is 12.8 Å². The average Bonchev–Trinajstić information content (AvgIpc) is 2.63. The summed E-state index contributed by atoms with van der Waals surface area (Å²) in [6, 6.07) is 1.83. The van der Waals surface area contributed by atoms with Gasteiger partial charge >= 0.3 is 12.1 Å². The number of nitro benzene ring substituents is 1. The minimum absolute atomic E-state index is 0.0734. The summed E-state index contributed by atoms with van der Waals surface area (Å²) in [6.07, 6.45) is -1.49. The summed E-state index contributed by atoms with van der Waals surface area (Å²) in [5.74, 6) is -3.89. The van der Waals surface area contributed by atoms with Crippen molar-refractivity contribution in [1.29, 1.82) is 0 Å². The Morgan fingerprint density at radius 2 is 1.45 bits per heavy atom. The van der Waals surface area contributed by atoms with Crippen LogP contribution in [0.15, 0.2) is 34.7 Å². The number of carbonyl (C=O) groups excluding carboxylic acids is 6. The maximum absolute atomic E-state index is 12.5. The number of anilines is 1. The van der Waals surface area contributed by atoms with Crippen molar-refractivity contribution in [2.45, 2.75) is 12.8 Å². The summed E-state index contributed by atoms with van der Waals surface area (Å²) in [4.78, 5) is 81.5. The van der Waals surface area contributed by atoms with Crippen LogP contribution in [-0.4, -0.2) is 50.6 Å². The van der Waals surface area contributed by atoms with Gasteiger partial charge in [0.15, 0.2) is 0 Å². The molecule has 1 N–H and O–H groups in total. The lowest BCUT2D eigenvalue weighted by Gasteiger charge is -2.29. The molecule has 0 radical (unpaired) electrons. The van der Waals surface area contributed by atoms with Crippen molar-refractivity contribution in [3.05, 3.63) is 34.4 Å². The van der Waals surface area contributed by atoms with Crippen LogP contribution in [0.25, 0.3) is 0 Å². The number of imide groups is 4. The second-order valence-corrected chi connectivity index (χ2v) is 5.58. The summed E-state index contributed by atoms with van der Waals surface area (Å²) in [5.41, 5.74) is -0.363. The summed E-state index contributed by atoms with van der Waals surface area (Å²) >= 11 is 0. The number of barbiturate groups is 2. The molecule has 2 heterocycles. The summed E-state index contributed by atoms with van der Waals surface area (Å²) in [5, 5.41) is 19.2. The summed E-state index contributed by atoms with van der Waals surface area (Å²) < 4.78 is 0. The summed E-state index contributed by atoms with van der Waals surface area (Å²) in [7, 11) is 0. The van der Waals surface area contributed by atoms with Crippen LogP contribution in [-0.2, 0) is 19.2 Å². The molecule has 0 saturated carbocycles. The Kier molecular flexibility index (Phi) is 4.78. The Hall–Kier alpha value is -4.56. The highest BCUT2D eigenvalue weighted by Gasteiger charge is 2.40.